The van der Waals surface area contributed by atoms with E-state index in [0.29, 0.717) is 0 Å². The number of ether oxygens (including phenoxy) is 4. The summed E-state index contributed by atoms with van der Waals surface area (Å²) in [6.07, 6.45) is -2.04. The van der Waals surface area contributed by atoms with Crippen LogP contribution in [-0.2, 0) is 33.3 Å². The van der Waals surface area contributed by atoms with Crippen LogP contribution in [-0.4, -0.2) is 75.3 Å². The molecule has 14 nitrogen and oxygen atoms in total. The van der Waals surface area contributed by atoms with Crippen LogP contribution in [0.3, 0.4) is 0 Å². The van der Waals surface area contributed by atoms with Crippen molar-refractivity contribution < 1.29 is 43.6 Å². The fraction of sp³-hybridized carbons (Fsp3) is 0.438. The lowest BCUT2D eigenvalue weighted by atomic mass is 10.1. The van der Waals surface area contributed by atoms with Crippen molar-refractivity contribution in [2.24, 2.45) is 5.73 Å². The zero-order valence-electron chi connectivity index (χ0n) is 15.2. The third-order valence-corrected chi connectivity index (χ3v) is 4.25. The minimum Gasteiger partial charge on any atom is -0.462 e. The zero-order valence-corrected chi connectivity index (χ0v) is 15.2. The van der Waals surface area contributed by atoms with Gasteiger partial charge in [-0.25, -0.2) is 14.4 Å². The molecule has 0 aromatic carbocycles. The van der Waals surface area contributed by atoms with Crippen LogP contribution < -0.4 is 16.9 Å². The lowest BCUT2D eigenvalue weighted by Gasteiger charge is -2.25. The maximum Gasteiger partial charge on any atom is 0.351 e. The average Bonchev–Trinajstić information content (AvgIpc) is 3.04. The van der Waals surface area contributed by atoms with Gasteiger partial charge in [-0.15, -0.1) is 0 Å². The van der Waals surface area contributed by atoms with Gasteiger partial charge in [0.05, 0.1) is 6.61 Å². The standard InChI is InChI=1S/C16H18N4O10/c17-7(5-21)15(24)27-6-8-12-13(30-11(23)2-1-10(22)29-12)14(28-8)20-4-3-9(19-26)18-16(20)25/h1-4,7-8,12-14,21,26H,5-6,17H2,(H,18,19,25)/b2-1-/t7-,8?,12-,13-,14-/m1/s1. The number of aromatic nitrogens is 2. The molecule has 0 aliphatic carbocycles. The molecule has 0 saturated carbocycles. The molecule has 2 aliphatic heterocycles. The van der Waals surface area contributed by atoms with Gasteiger partial charge in [0.25, 0.3) is 0 Å². The predicted octanol–water partition coefficient (Wildman–Crippen LogP) is -2.80. The van der Waals surface area contributed by atoms with Crippen molar-refractivity contribution in [3.8, 4) is 0 Å². The summed E-state index contributed by atoms with van der Waals surface area (Å²) in [5.74, 6) is -2.84. The fourth-order valence-electron chi connectivity index (χ4n) is 2.83. The molecule has 5 N–H and O–H groups in total. The lowest BCUT2D eigenvalue weighted by Crippen LogP contribution is -2.43. The van der Waals surface area contributed by atoms with Crippen LogP contribution in [0.2, 0.25) is 0 Å². The average molecular weight is 426 g/mol. The minimum absolute atomic E-state index is 0.140. The number of nitrogens with zero attached hydrogens (tertiary/aromatic N) is 2. The maximum absolute atomic E-state index is 12.3. The van der Waals surface area contributed by atoms with Crippen LogP contribution in [0.1, 0.15) is 6.23 Å². The van der Waals surface area contributed by atoms with Crippen molar-refractivity contribution >= 4 is 23.7 Å². The number of esters is 3. The molecular weight excluding hydrogens is 408 g/mol. The van der Waals surface area contributed by atoms with Crippen LogP contribution in [0, 0.1) is 0 Å². The molecule has 0 radical (unpaired) electrons. The summed E-state index contributed by atoms with van der Waals surface area (Å²) in [4.78, 5) is 51.4. The Morgan fingerprint density at radius 2 is 1.93 bits per heavy atom. The predicted molar refractivity (Wildman–Crippen MR) is 92.7 cm³/mol. The van der Waals surface area contributed by atoms with Crippen molar-refractivity contribution in [3.05, 3.63) is 34.9 Å². The number of rotatable bonds is 6. The van der Waals surface area contributed by atoms with Gasteiger partial charge in [0.15, 0.2) is 24.3 Å². The normalized spacial score (nSPS) is 27.7. The largest absolute Gasteiger partial charge is 0.462 e. The molecule has 0 amide bonds. The zero-order chi connectivity index (χ0) is 21.8. The summed E-state index contributed by atoms with van der Waals surface area (Å²) in [5, 5.41) is 17.8. The third kappa shape index (κ3) is 4.46. The SMILES string of the molecule is N[C@H](CO)C(=O)OCC1O[C@@H](n2ccc(NO)nc2=O)[C@@H]2OC(=O)/C=C\C(=O)O[C@H]12. The molecule has 1 unspecified atom stereocenters. The number of nitrogens with one attached hydrogen (secondary N) is 1. The van der Waals surface area contributed by atoms with Gasteiger partial charge < -0.3 is 29.8 Å². The van der Waals surface area contributed by atoms with Crippen LogP contribution in [0.25, 0.3) is 0 Å². The van der Waals surface area contributed by atoms with Gasteiger partial charge in [-0.2, -0.15) is 4.98 Å². The smallest absolute Gasteiger partial charge is 0.351 e. The van der Waals surface area contributed by atoms with E-state index >= 15 is 0 Å². The second kappa shape index (κ2) is 9.00. The van der Waals surface area contributed by atoms with Crippen molar-refractivity contribution in [2.45, 2.75) is 30.6 Å². The van der Waals surface area contributed by atoms with E-state index in [0.717, 1.165) is 16.7 Å². The number of carbonyl (C=O) groups is 3. The highest BCUT2D eigenvalue weighted by Crippen LogP contribution is 2.34. The number of hydrogen-bond acceptors (Lipinski definition) is 13. The van der Waals surface area contributed by atoms with E-state index < -0.39 is 67.4 Å². The van der Waals surface area contributed by atoms with Crippen molar-refractivity contribution in [2.75, 3.05) is 18.7 Å². The second-order valence-corrected chi connectivity index (χ2v) is 6.23. The molecule has 1 aromatic heterocycles. The van der Waals surface area contributed by atoms with E-state index in [9.17, 15) is 19.2 Å². The topological polar surface area (TPSA) is 202 Å². The van der Waals surface area contributed by atoms with E-state index in [2.05, 4.69) is 4.98 Å². The number of hydrogen-bond donors (Lipinski definition) is 4. The Hall–Kier alpha value is -3.33. The second-order valence-electron chi connectivity index (χ2n) is 6.23. The van der Waals surface area contributed by atoms with Crippen molar-refractivity contribution in [3.63, 3.8) is 0 Å². The van der Waals surface area contributed by atoms with E-state index in [4.69, 9.17) is 35.0 Å². The summed E-state index contributed by atoms with van der Waals surface area (Å²) in [6, 6.07) is -0.0479. The number of fused-ring (bicyclic) bond motifs is 1. The Morgan fingerprint density at radius 3 is 2.53 bits per heavy atom. The Labute approximate surface area is 167 Å². The van der Waals surface area contributed by atoms with Gasteiger partial charge in [-0.3, -0.25) is 20.0 Å². The molecule has 3 heterocycles. The minimum atomic E-state index is -1.29. The first-order valence-electron chi connectivity index (χ1n) is 8.61. The summed E-state index contributed by atoms with van der Waals surface area (Å²) < 4.78 is 22.1. The maximum atomic E-state index is 12.3. The highest BCUT2D eigenvalue weighted by atomic mass is 16.7. The molecule has 30 heavy (non-hydrogen) atoms. The number of anilines is 1. The van der Waals surface area contributed by atoms with E-state index in [1.165, 1.54) is 12.3 Å². The molecule has 0 bridgehead atoms. The van der Waals surface area contributed by atoms with Crippen LogP contribution in [0.4, 0.5) is 5.82 Å². The first kappa shape index (κ1) is 21.4. The molecule has 1 aromatic rings. The molecule has 5 atom stereocenters. The molecule has 0 spiro atoms. The Balaban J connectivity index is 1.90. The number of aliphatic hydroxyl groups excluding tert-OH is 1. The van der Waals surface area contributed by atoms with Gasteiger partial charge in [-0.05, 0) is 6.07 Å². The summed E-state index contributed by atoms with van der Waals surface area (Å²) in [5.41, 5.74) is 6.21. The Morgan fingerprint density at radius 1 is 1.27 bits per heavy atom. The third-order valence-electron chi connectivity index (χ3n) is 4.25. The van der Waals surface area contributed by atoms with Crippen molar-refractivity contribution in [1.82, 2.24) is 9.55 Å². The van der Waals surface area contributed by atoms with E-state index in [1.54, 1.807) is 5.48 Å². The van der Waals surface area contributed by atoms with E-state index in [-0.39, 0.29) is 5.82 Å². The van der Waals surface area contributed by atoms with E-state index in [1.807, 2.05) is 0 Å². The lowest BCUT2D eigenvalue weighted by molar-refractivity contribution is -0.165. The van der Waals surface area contributed by atoms with Gasteiger partial charge in [-0.1, -0.05) is 0 Å². The first-order chi connectivity index (χ1) is 14.3. The summed E-state index contributed by atoms with van der Waals surface area (Å²) in [7, 11) is 0. The van der Waals surface area contributed by atoms with Gasteiger partial charge in [0, 0.05) is 18.3 Å². The number of aliphatic hydroxyl groups is 1. The molecule has 162 valence electrons. The van der Waals surface area contributed by atoms with Crippen molar-refractivity contribution in [1.29, 1.82) is 0 Å². The molecule has 1 saturated heterocycles. The molecule has 1 fully saturated rings. The van der Waals surface area contributed by atoms with Gasteiger partial charge in [0.2, 0.25) is 0 Å². The quantitative estimate of drug-likeness (QED) is 0.206. The number of carbonyl (C=O) groups excluding carboxylic acids is 3. The van der Waals surface area contributed by atoms with Crippen LogP contribution in [0.5, 0.6) is 0 Å². The molecular formula is C16H18N4O10. The Bertz CT molecular complexity index is 916. The van der Waals surface area contributed by atoms with Gasteiger partial charge >= 0.3 is 23.6 Å². The van der Waals surface area contributed by atoms with Gasteiger partial charge in [0.1, 0.15) is 18.8 Å². The Kier molecular flexibility index (Phi) is 6.41. The highest BCUT2D eigenvalue weighted by molar-refractivity contribution is 5.92. The van der Waals surface area contributed by atoms with Crippen LogP contribution >= 0.6 is 0 Å². The number of nitrogens with two attached hydrogens (primary N) is 1. The molecule has 14 heteroatoms. The first-order valence-corrected chi connectivity index (χ1v) is 8.61. The van der Waals surface area contributed by atoms with Crippen LogP contribution in [0.15, 0.2) is 29.2 Å². The monoisotopic (exact) mass is 426 g/mol. The summed E-state index contributed by atoms with van der Waals surface area (Å²) in [6.45, 7) is -1.13. The highest BCUT2D eigenvalue weighted by Gasteiger charge is 2.51. The summed E-state index contributed by atoms with van der Waals surface area (Å²) >= 11 is 0. The molecule has 3 rings (SSSR count). The molecule has 2 aliphatic rings. The fourth-order valence-corrected chi connectivity index (χ4v) is 2.83.